The molecule has 0 aliphatic heterocycles. The second-order valence-corrected chi connectivity index (χ2v) is 2.45. The van der Waals surface area contributed by atoms with Crippen molar-refractivity contribution in [1.29, 1.82) is 0 Å². The highest BCUT2D eigenvalue weighted by molar-refractivity contribution is 4.97. The Bertz CT molecular complexity index is 90.7. The lowest BCUT2D eigenvalue weighted by Gasteiger charge is -2.01. The summed E-state index contributed by atoms with van der Waals surface area (Å²) in [5, 5.41) is 9.10. The molecule has 0 bridgehead atoms. The summed E-state index contributed by atoms with van der Waals surface area (Å²) in [6.07, 6.45) is 3.13. The second-order valence-electron chi connectivity index (χ2n) is 2.45. The van der Waals surface area contributed by atoms with Crippen molar-refractivity contribution in [1.82, 2.24) is 0 Å². The van der Waals surface area contributed by atoms with Crippen molar-refractivity contribution in [3.63, 3.8) is 0 Å². The molecule has 0 aromatic carbocycles. The topological polar surface area (TPSA) is 20.2 Å². The molecule has 0 spiro atoms. The van der Waals surface area contributed by atoms with Crippen LogP contribution in [0.15, 0.2) is 11.6 Å². The van der Waals surface area contributed by atoms with E-state index in [1.807, 2.05) is 19.9 Å². The predicted molar refractivity (Wildman–Crippen MR) is 40.0 cm³/mol. The molecule has 1 nitrogen and oxygen atoms in total. The van der Waals surface area contributed by atoms with Crippen LogP contribution in [-0.2, 0) is 0 Å². The van der Waals surface area contributed by atoms with E-state index in [1.165, 1.54) is 0 Å². The molecule has 0 aliphatic carbocycles. The van der Waals surface area contributed by atoms with E-state index >= 15 is 0 Å². The molecule has 53 valence electrons. The monoisotopic (exact) mass is 127 g/mol. The average molecular weight is 127 g/mol. The largest absolute Gasteiger partial charge is 0.389 e. The van der Waals surface area contributed by atoms with Crippen LogP contribution in [0.5, 0.6) is 0 Å². The Kier molecular flexibility index (Phi) is 4.41. The maximum absolute atomic E-state index is 9.10. The number of allylic oxidation sites excluding steroid dienone is 1. The van der Waals surface area contributed by atoms with Crippen LogP contribution in [0.3, 0.4) is 0 Å². The van der Waals surface area contributed by atoms with Gasteiger partial charge in [0.05, 0.1) is 6.10 Å². The van der Waals surface area contributed by atoms with Crippen LogP contribution in [0.25, 0.3) is 0 Å². The van der Waals surface area contributed by atoms with Gasteiger partial charge in [0.2, 0.25) is 0 Å². The van der Waals surface area contributed by atoms with E-state index in [0.29, 0.717) is 0 Å². The molecule has 1 heteroatoms. The van der Waals surface area contributed by atoms with Gasteiger partial charge < -0.3 is 5.11 Å². The molecule has 0 saturated heterocycles. The van der Waals surface area contributed by atoms with Gasteiger partial charge in [0, 0.05) is 0 Å². The molecule has 1 unspecified atom stereocenters. The van der Waals surface area contributed by atoms with Crippen molar-refractivity contribution in [2.75, 3.05) is 0 Å². The molecular formula is C8H15O. The number of hydrogen-bond acceptors (Lipinski definition) is 1. The molecule has 9 heavy (non-hydrogen) atoms. The van der Waals surface area contributed by atoms with Gasteiger partial charge in [0.25, 0.3) is 0 Å². The summed E-state index contributed by atoms with van der Waals surface area (Å²) in [4.78, 5) is 0. The van der Waals surface area contributed by atoms with Gasteiger partial charge in [-0.05, 0) is 20.3 Å². The van der Waals surface area contributed by atoms with Crippen molar-refractivity contribution >= 4 is 0 Å². The fourth-order valence-electron chi connectivity index (χ4n) is 0.677. The molecular weight excluding hydrogens is 112 g/mol. The van der Waals surface area contributed by atoms with E-state index in [4.69, 9.17) is 5.11 Å². The Labute approximate surface area is 57.4 Å². The van der Waals surface area contributed by atoms with Crippen LogP contribution in [0.4, 0.5) is 0 Å². The van der Waals surface area contributed by atoms with Crippen LogP contribution >= 0.6 is 0 Å². The Balaban J connectivity index is 3.49. The lowest BCUT2D eigenvalue weighted by molar-refractivity contribution is 0.213. The summed E-state index contributed by atoms with van der Waals surface area (Å²) in [6.45, 7) is 7.60. The van der Waals surface area contributed by atoms with Crippen molar-refractivity contribution in [3.8, 4) is 0 Å². The van der Waals surface area contributed by atoms with E-state index in [-0.39, 0.29) is 6.10 Å². The van der Waals surface area contributed by atoms with Crippen LogP contribution < -0.4 is 0 Å². The zero-order valence-corrected chi connectivity index (χ0v) is 6.22. The fourth-order valence-corrected chi connectivity index (χ4v) is 0.677. The molecule has 0 rings (SSSR count). The van der Waals surface area contributed by atoms with E-state index in [0.717, 1.165) is 18.4 Å². The van der Waals surface area contributed by atoms with Crippen LogP contribution in [-0.4, -0.2) is 11.2 Å². The normalized spacial score (nSPS) is 12.9. The highest BCUT2D eigenvalue weighted by atomic mass is 16.3. The van der Waals surface area contributed by atoms with Crippen LogP contribution in [0.2, 0.25) is 0 Å². The van der Waals surface area contributed by atoms with Crippen LogP contribution in [0, 0.1) is 6.92 Å². The second kappa shape index (κ2) is 4.57. The van der Waals surface area contributed by atoms with Gasteiger partial charge in [-0.15, -0.1) is 0 Å². The van der Waals surface area contributed by atoms with E-state index in [1.54, 1.807) is 0 Å². The summed E-state index contributed by atoms with van der Waals surface area (Å²) in [6, 6.07) is 0. The third-order valence-electron chi connectivity index (χ3n) is 1.03. The Hall–Kier alpha value is -0.300. The minimum atomic E-state index is -0.285. The quantitative estimate of drug-likeness (QED) is 0.574. The lowest BCUT2D eigenvalue weighted by atomic mass is 10.1. The molecule has 0 aliphatic rings. The molecule has 1 atom stereocenters. The highest BCUT2D eigenvalue weighted by Crippen LogP contribution is 2.00. The van der Waals surface area contributed by atoms with Crippen LogP contribution in [0.1, 0.15) is 26.7 Å². The van der Waals surface area contributed by atoms with Gasteiger partial charge in [-0.2, -0.15) is 0 Å². The zero-order valence-electron chi connectivity index (χ0n) is 6.22. The standard InChI is InChI=1S/C8H15O/c1-4-5-8(9)6-7(2)3/h6,8-9H,1,4-5H2,2-3H3. The molecule has 0 fully saturated rings. The van der Waals surface area contributed by atoms with Gasteiger partial charge in [0.15, 0.2) is 0 Å². The van der Waals surface area contributed by atoms with E-state index in [2.05, 4.69) is 6.92 Å². The predicted octanol–water partition coefficient (Wildman–Crippen LogP) is 1.93. The molecule has 1 radical (unpaired) electrons. The smallest absolute Gasteiger partial charge is 0.0723 e. The van der Waals surface area contributed by atoms with E-state index in [9.17, 15) is 0 Å². The molecule has 1 N–H and O–H groups in total. The van der Waals surface area contributed by atoms with Gasteiger partial charge in [-0.25, -0.2) is 0 Å². The Morgan fingerprint density at radius 1 is 1.67 bits per heavy atom. The first-order valence-corrected chi connectivity index (χ1v) is 3.29. The minimum Gasteiger partial charge on any atom is -0.389 e. The first-order valence-electron chi connectivity index (χ1n) is 3.29. The third-order valence-corrected chi connectivity index (χ3v) is 1.03. The maximum atomic E-state index is 9.10. The first kappa shape index (κ1) is 8.70. The van der Waals surface area contributed by atoms with E-state index < -0.39 is 0 Å². The summed E-state index contributed by atoms with van der Waals surface area (Å²) < 4.78 is 0. The first-order chi connectivity index (χ1) is 4.16. The summed E-state index contributed by atoms with van der Waals surface area (Å²) in [7, 11) is 0. The Morgan fingerprint density at radius 3 is 2.56 bits per heavy atom. The van der Waals surface area contributed by atoms with Crippen molar-refractivity contribution in [2.24, 2.45) is 0 Å². The number of aliphatic hydroxyl groups is 1. The minimum absolute atomic E-state index is 0.285. The molecule has 0 aromatic rings. The summed E-state index contributed by atoms with van der Waals surface area (Å²) >= 11 is 0. The highest BCUT2D eigenvalue weighted by Gasteiger charge is 1.94. The fraction of sp³-hybridized carbons (Fsp3) is 0.625. The SMILES string of the molecule is [CH2]CCC(O)C=C(C)C. The van der Waals surface area contributed by atoms with Gasteiger partial charge in [0.1, 0.15) is 0 Å². The van der Waals surface area contributed by atoms with Gasteiger partial charge >= 0.3 is 0 Å². The molecule has 0 heterocycles. The molecule has 0 aromatic heterocycles. The van der Waals surface area contributed by atoms with Gasteiger partial charge in [-0.1, -0.05) is 25.0 Å². The van der Waals surface area contributed by atoms with Crippen molar-refractivity contribution in [2.45, 2.75) is 32.8 Å². The molecule has 0 saturated carbocycles. The maximum Gasteiger partial charge on any atom is 0.0723 e. The average Bonchev–Trinajstić information content (AvgIpc) is 1.63. The third kappa shape index (κ3) is 5.57. The summed E-state index contributed by atoms with van der Waals surface area (Å²) in [5.41, 5.74) is 1.16. The lowest BCUT2D eigenvalue weighted by Crippen LogP contribution is -2.00. The Morgan fingerprint density at radius 2 is 2.22 bits per heavy atom. The number of rotatable bonds is 3. The number of aliphatic hydroxyl groups excluding tert-OH is 1. The number of hydrogen-bond donors (Lipinski definition) is 1. The zero-order chi connectivity index (χ0) is 7.28. The molecule has 0 amide bonds. The van der Waals surface area contributed by atoms with Crippen molar-refractivity contribution in [3.05, 3.63) is 18.6 Å². The van der Waals surface area contributed by atoms with Gasteiger partial charge in [-0.3, -0.25) is 0 Å². The summed E-state index contributed by atoms with van der Waals surface area (Å²) in [5.74, 6) is 0. The van der Waals surface area contributed by atoms with Crippen molar-refractivity contribution < 1.29 is 5.11 Å².